The lowest BCUT2D eigenvalue weighted by atomic mass is 10.2. The fourth-order valence-electron chi connectivity index (χ4n) is 1.29. The Labute approximate surface area is 109 Å². The van der Waals surface area contributed by atoms with E-state index < -0.39 is 11.7 Å². The van der Waals surface area contributed by atoms with Gasteiger partial charge >= 0.3 is 6.18 Å². The van der Waals surface area contributed by atoms with Crippen LogP contribution in [0.1, 0.15) is 32.8 Å². The summed E-state index contributed by atoms with van der Waals surface area (Å²) < 4.78 is 38.2. The van der Waals surface area contributed by atoms with Gasteiger partial charge in [0.25, 0.3) is 0 Å². The summed E-state index contributed by atoms with van der Waals surface area (Å²) in [4.78, 5) is 4.18. The highest BCUT2D eigenvalue weighted by molar-refractivity contribution is 7.99. The average molecular weight is 278 g/mol. The van der Waals surface area contributed by atoms with Crippen LogP contribution in [0.15, 0.2) is 17.2 Å². The first kappa shape index (κ1) is 15.1. The van der Waals surface area contributed by atoms with Gasteiger partial charge in [-0.25, -0.2) is 4.98 Å². The third kappa shape index (κ3) is 4.40. The van der Waals surface area contributed by atoms with E-state index in [-0.39, 0.29) is 11.1 Å². The largest absolute Gasteiger partial charge is 0.416 e. The van der Waals surface area contributed by atoms with Crippen molar-refractivity contribution in [2.45, 2.75) is 43.6 Å². The van der Waals surface area contributed by atoms with E-state index in [1.165, 1.54) is 11.8 Å². The third-order valence-corrected chi connectivity index (χ3v) is 3.57. The summed E-state index contributed by atoms with van der Waals surface area (Å²) in [6.45, 7) is 6.33. The number of halogens is 3. The van der Waals surface area contributed by atoms with Crippen molar-refractivity contribution < 1.29 is 13.2 Å². The Bertz CT molecular complexity index is 393. The molecule has 0 amide bonds. The summed E-state index contributed by atoms with van der Waals surface area (Å²) >= 11 is 1.36. The van der Waals surface area contributed by atoms with Crippen LogP contribution in [0.3, 0.4) is 0 Å². The molecule has 1 rings (SSSR count). The molecule has 1 aromatic heterocycles. The lowest BCUT2D eigenvalue weighted by Gasteiger charge is -2.13. The van der Waals surface area contributed by atoms with Gasteiger partial charge in [-0.05, 0) is 25.5 Å². The van der Waals surface area contributed by atoms with Crippen LogP contribution in [-0.2, 0) is 6.18 Å². The van der Waals surface area contributed by atoms with Gasteiger partial charge < -0.3 is 5.32 Å². The zero-order valence-electron chi connectivity index (χ0n) is 10.6. The number of pyridine rings is 1. The minimum absolute atomic E-state index is 0.246. The van der Waals surface area contributed by atoms with Crippen LogP contribution in [-0.4, -0.2) is 16.8 Å². The lowest BCUT2D eigenvalue weighted by Crippen LogP contribution is -2.09. The van der Waals surface area contributed by atoms with Crippen LogP contribution < -0.4 is 5.32 Å². The summed E-state index contributed by atoms with van der Waals surface area (Å²) in [6, 6.07) is 2.15. The van der Waals surface area contributed by atoms with Crippen molar-refractivity contribution in [2.75, 3.05) is 11.9 Å². The van der Waals surface area contributed by atoms with Gasteiger partial charge in [0.1, 0.15) is 5.82 Å². The first-order valence-electron chi connectivity index (χ1n) is 5.86. The topological polar surface area (TPSA) is 24.9 Å². The Balaban J connectivity index is 3.06. The van der Waals surface area contributed by atoms with Gasteiger partial charge in [0.2, 0.25) is 0 Å². The normalized spacial score (nSPS) is 13.4. The first-order valence-corrected chi connectivity index (χ1v) is 6.74. The molecule has 0 saturated heterocycles. The number of rotatable bonds is 5. The molecule has 1 atom stereocenters. The standard InChI is InChI=1S/C12H17F3N2S/c1-4-8(3)18-11-7-9(12(13,14)15)6-10(17-11)16-5-2/h6-8H,4-5H2,1-3H3,(H,16,17). The maximum absolute atomic E-state index is 12.7. The van der Waals surface area contributed by atoms with Crippen LogP contribution >= 0.6 is 11.8 Å². The Kier molecular flexibility index (Phi) is 5.31. The second-order valence-corrected chi connectivity index (χ2v) is 5.40. The summed E-state index contributed by atoms with van der Waals surface area (Å²) in [5.74, 6) is 0.276. The number of alkyl halides is 3. The summed E-state index contributed by atoms with van der Waals surface area (Å²) in [7, 11) is 0. The zero-order valence-corrected chi connectivity index (χ0v) is 11.5. The second kappa shape index (κ2) is 6.31. The molecule has 2 nitrogen and oxygen atoms in total. The van der Waals surface area contributed by atoms with Gasteiger partial charge in [-0.1, -0.05) is 13.8 Å². The molecule has 1 unspecified atom stereocenters. The average Bonchev–Trinajstić information content (AvgIpc) is 2.27. The van der Waals surface area contributed by atoms with E-state index >= 15 is 0 Å². The Morgan fingerprint density at radius 2 is 2.00 bits per heavy atom. The molecule has 0 aliphatic carbocycles. The smallest absolute Gasteiger partial charge is 0.370 e. The molecule has 0 bridgehead atoms. The van der Waals surface area contributed by atoms with E-state index in [9.17, 15) is 13.2 Å². The van der Waals surface area contributed by atoms with E-state index in [1.807, 2.05) is 20.8 Å². The van der Waals surface area contributed by atoms with Crippen molar-refractivity contribution in [2.24, 2.45) is 0 Å². The molecule has 1 aromatic rings. The number of hydrogen-bond acceptors (Lipinski definition) is 3. The highest BCUT2D eigenvalue weighted by atomic mass is 32.2. The molecular formula is C12H17F3N2S. The van der Waals surface area contributed by atoms with Gasteiger partial charge in [-0.2, -0.15) is 13.2 Å². The highest BCUT2D eigenvalue weighted by Crippen LogP contribution is 2.34. The SMILES string of the molecule is CCNc1cc(C(F)(F)F)cc(SC(C)CC)n1. The molecule has 0 aliphatic rings. The van der Waals surface area contributed by atoms with Crippen LogP contribution in [0, 0.1) is 0 Å². The molecule has 0 spiro atoms. The summed E-state index contributed by atoms with van der Waals surface area (Å²) in [6.07, 6.45) is -3.45. The van der Waals surface area contributed by atoms with E-state index in [2.05, 4.69) is 10.3 Å². The van der Waals surface area contributed by atoms with Gasteiger partial charge in [0.15, 0.2) is 0 Å². The summed E-state index contributed by atoms with van der Waals surface area (Å²) in [5, 5.41) is 3.49. The molecule has 18 heavy (non-hydrogen) atoms. The first-order chi connectivity index (χ1) is 8.36. The van der Waals surface area contributed by atoms with E-state index in [1.54, 1.807) is 0 Å². The van der Waals surface area contributed by atoms with Crippen molar-refractivity contribution in [3.8, 4) is 0 Å². The van der Waals surface area contributed by atoms with Crippen LogP contribution in [0.4, 0.5) is 19.0 Å². The van der Waals surface area contributed by atoms with Crippen molar-refractivity contribution >= 4 is 17.6 Å². The van der Waals surface area contributed by atoms with Crippen LogP contribution in [0.5, 0.6) is 0 Å². The maximum Gasteiger partial charge on any atom is 0.416 e. The fraction of sp³-hybridized carbons (Fsp3) is 0.583. The zero-order chi connectivity index (χ0) is 13.8. The number of anilines is 1. The Morgan fingerprint density at radius 3 is 2.50 bits per heavy atom. The minimum Gasteiger partial charge on any atom is -0.370 e. The number of nitrogens with one attached hydrogen (secondary N) is 1. The summed E-state index contributed by atoms with van der Waals surface area (Å²) in [5.41, 5.74) is -0.653. The van der Waals surface area contributed by atoms with E-state index in [0.717, 1.165) is 18.6 Å². The molecule has 0 fully saturated rings. The molecule has 6 heteroatoms. The molecule has 0 aliphatic heterocycles. The van der Waals surface area contributed by atoms with Gasteiger partial charge in [0.05, 0.1) is 10.6 Å². The number of hydrogen-bond donors (Lipinski definition) is 1. The molecule has 1 heterocycles. The molecule has 0 saturated carbocycles. The maximum atomic E-state index is 12.7. The molecular weight excluding hydrogens is 261 g/mol. The molecule has 102 valence electrons. The predicted molar refractivity (Wildman–Crippen MR) is 69.0 cm³/mol. The molecule has 0 aromatic carbocycles. The van der Waals surface area contributed by atoms with Crippen molar-refractivity contribution in [1.29, 1.82) is 0 Å². The van der Waals surface area contributed by atoms with Gasteiger partial charge in [-0.3, -0.25) is 0 Å². The van der Waals surface area contributed by atoms with Crippen molar-refractivity contribution in [1.82, 2.24) is 4.98 Å². The van der Waals surface area contributed by atoms with Crippen LogP contribution in [0.2, 0.25) is 0 Å². The lowest BCUT2D eigenvalue weighted by molar-refractivity contribution is -0.137. The Hall–Kier alpha value is -0.910. The quantitative estimate of drug-likeness (QED) is 0.807. The number of nitrogens with zero attached hydrogens (tertiary/aromatic N) is 1. The van der Waals surface area contributed by atoms with Crippen molar-refractivity contribution in [3.05, 3.63) is 17.7 Å². The number of thioether (sulfide) groups is 1. The number of aromatic nitrogens is 1. The van der Waals surface area contributed by atoms with Gasteiger partial charge in [0, 0.05) is 11.8 Å². The fourth-order valence-corrected chi connectivity index (χ4v) is 2.22. The van der Waals surface area contributed by atoms with Gasteiger partial charge in [-0.15, -0.1) is 11.8 Å². The molecule has 0 radical (unpaired) electrons. The minimum atomic E-state index is -4.34. The monoisotopic (exact) mass is 278 g/mol. The second-order valence-electron chi connectivity index (χ2n) is 3.94. The van der Waals surface area contributed by atoms with E-state index in [0.29, 0.717) is 11.6 Å². The van der Waals surface area contributed by atoms with E-state index in [4.69, 9.17) is 0 Å². The highest BCUT2D eigenvalue weighted by Gasteiger charge is 2.31. The molecule has 1 N–H and O–H groups in total. The third-order valence-electron chi connectivity index (χ3n) is 2.38. The van der Waals surface area contributed by atoms with Crippen molar-refractivity contribution in [3.63, 3.8) is 0 Å². The Morgan fingerprint density at radius 1 is 1.33 bits per heavy atom. The van der Waals surface area contributed by atoms with Crippen LogP contribution in [0.25, 0.3) is 0 Å². The predicted octanol–water partition coefficient (Wildman–Crippen LogP) is 4.42.